The molecule has 9 heteroatoms. The van der Waals surface area contributed by atoms with Crippen LogP contribution in [0.5, 0.6) is 5.75 Å². The molecule has 0 unspecified atom stereocenters. The molecule has 0 saturated carbocycles. The van der Waals surface area contributed by atoms with Gasteiger partial charge in [-0.25, -0.2) is 4.98 Å². The van der Waals surface area contributed by atoms with Crippen LogP contribution in [0.25, 0.3) is 11.0 Å². The lowest BCUT2D eigenvalue weighted by molar-refractivity contribution is 0.0845. The van der Waals surface area contributed by atoms with Crippen LogP contribution in [-0.2, 0) is 7.05 Å². The monoisotopic (exact) mass is 387 g/mol. The summed E-state index contributed by atoms with van der Waals surface area (Å²) in [4.78, 5) is 29.5. The summed E-state index contributed by atoms with van der Waals surface area (Å²) in [7, 11) is 3.20. The molecule has 0 aliphatic heterocycles. The van der Waals surface area contributed by atoms with Crippen LogP contribution in [0, 0.1) is 13.8 Å². The number of fused-ring (bicyclic) bond motifs is 1. The summed E-state index contributed by atoms with van der Waals surface area (Å²) in [6, 6.07) is 6.26. The van der Waals surface area contributed by atoms with E-state index in [0.717, 1.165) is 0 Å². The third-order valence-electron chi connectivity index (χ3n) is 4.04. The Kier molecular flexibility index (Phi) is 5.00. The molecular weight excluding hydrogens is 370 g/mol. The second kappa shape index (κ2) is 7.24. The average molecular weight is 388 g/mol. The van der Waals surface area contributed by atoms with Crippen LogP contribution in [0.1, 0.15) is 32.1 Å². The summed E-state index contributed by atoms with van der Waals surface area (Å²) in [6.45, 7) is 3.59. The van der Waals surface area contributed by atoms with Gasteiger partial charge in [-0.05, 0) is 38.1 Å². The molecule has 140 valence electrons. The van der Waals surface area contributed by atoms with Gasteiger partial charge in [0.05, 0.1) is 29.3 Å². The number of nitrogens with one attached hydrogen (secondary N) is 2. The Balaban J connectivity index is 1.85. The van der Waals surface area contributed by atoms with E-state index in [1.54, 1.807) is 37.7 Å². The number of hydrogen-bond donors (Lipinski definition) is 2. The van der Waals surface area contributed by atoms with E-state index in [1.807, 2.05) is 0 Å². The van der Waals surface area contributed by atoms with E-state index in [2.05, 4.69) is 20.9 Å². The number of hydrazine groups is 1. The Morgan fingerprint density at radius 1 is 1.11 bits per heavy atom. The molecule has 0 spiro atoms. The lowest BCUT2D eigenvalue weighted by Crippen LogP contribution is -2.41. The molecule has 0 bridgehead atoms. The SMILES string of the molecule is COc1cc(Cl)ccc1C(=O)NNC(=O)c1cc(C)nc2c1c(C)nn2C. The number of amides is 2. The van der Waals surface area contributed by atoms with E-state index < -0.39 is 11.8 Å². The fourth-order valence-corrected chi connectivity index (χ4v) is 3.01. The van der Waals surface area contributed by atoms with Gasteiger partial charge in [0, 0.05) is 17.8 Å². The number of hydrogen-bond acceptors (Lipinski definition) is 5. The zero-order valence-corrected chi connectivity index (χ0v) is 16.0. The Bertz CT molecular complexity index is 1060. The van der Waals surface area contributed by atoms with Crippen LogP contribution < -0.4 is 15.6 Å². The fourth-order valence-electron chi connectivity index (χ4n) is 2.85. The molecule has 1 aromatic carbocycles. The number of pyridine rings is 1. The minimum absolute atomic E-state index is 0.246. The third kappa shape index (κ3) is 3.56. The number of ether oxygens (including phenoxy) is 1. The number of halogens is 1. The second-order valence-corrected chi connectivity index (χ2v) is 6.41. The third-order valence-corrected chi connectivity index (χ3v) is 4.27. The van der Waals surface area contributed by atoms with Gasteiger partial charge < -0.3 is 4.74 Å². The van der Waals surface area contributed by atoms with Crippen molar-refractivity contribution < 1.29 is 14.3 Å². The molecule has 0 aliphatic rings. The molecule has 0 atom stereocenters. The van der Waals surface area contributed by atoms with Crippen molar-refractivity contribution in [1.29, 1.82) is 0 Å². The van der Waals surface area contributed by atoms with Gasteiger partial charge in [-0.2, -0.15) is 5.10 Å². The standard InChI is InChI=1S/C18H18ClN5O3/c1-9-7-13(15-10(2)23-24(3)16(15)20-9)18(26)22-21-17(25)12-6-5-11(19)8-14(12)27-4/h5-8H,1-4H3,(H,21,25)(H,22,26). The van der Waals surface area contributed by atoms with Crippen LogP contribution in [-0.4, -0.2) is 33.7 Å². The van der Waals surface area contributed by atoms with Gasteiger partial charge >= 0.3 is 0 Å². The zero-order valence-electron chi connectivity index (χ0n) is 15.3. The molecule has 8 nitrogen and oxygen atoms in total. The van der Waals surface area contributed by atoms with E-state index in [0.29, 0.717) is 38.8 Å². The molecule has 27 heavy (non-hydrogen) atoms. The number of nitrogens with zero attached hydrogens (tertiary/aromatic N) is 3. The number of rotatable bonds is 3. The highest BCUT2D eigenvalue weighted by Crippen LogP contribution is 2.23. The van der Waals surface area contributed by atoms with Gasteiger partial charge in [0.1, 0.15) is 5.75 Å². The Hall–Kier alpha value is -3.13. The number of carbonyl (C=O) groups excluding carboxylic acids is 2. The van der Waals surface area contributed by atoms with E-state index >= 15 is 0 Å². The molecule has 0 radical (unpaired) electrons. The Morgan fingerprint density at radius 3 is 2.44 bits per heavy atom. The Labute approximate surface area is 160 Å². The molecule has 2 heterocycles. The number of methoxy groups -OCH3 is 1. The summed E-state index contributed by atoms with van der Waals surface area (Å²) < 4.78 is 6.77. The first-order valence-corrected chi connectivity index (χ1v) is 8.44. The molecule has 2 N–H and O–H groups in total. The first-order chi connectivity index (χ1) is 12.8. The maximum Gasteiger partial charge on any atom is 0.273 e. The summed E-state index contributed by atoms with van der Waals surface area (Å²) in [5.74, 6) is -0.691. The quantitative estimate of drug-likeness (QED) is 0.672. The summed E-state index contributed by atoms with van der Waals surface area (Å²) in [5.41, 5.74) is 7.39. The minimum atomic E-state index is -0.526. The highest BCUT2D eigenvalue weighted by atomic mass is 35.5. The molecule has 0 saturated heterocycles. The first-order valence-electron chi connectivity index (χ1n) is 8.07. The summed E-state index contributed by atoms with van der Waals surface area (Å²) in [6.07, 6.45) is 0. The maximum absolute atomic E-state index is 12.7. The van der Waals surface area contributed by atoms with E-state index in [-0.39, 0.29) is 5.56 Å². The van der Waals surface area contributed by atoms with Crippen molar-refractivity contribution >= 4 is 34.4 Å². The second-order valence-electron chi connectivity index (χ2n) is 5.97. The molecule has 0 fully saturated rings. The predicted molar refractivity (Wildman–Crippen MR) is 101 cm³/mol. The van der Waals surface area contributed by atoms with Crippen LogP contribution in [0.4, 0.5) is 0 Å². The number of carbonyl (C=O) groups is 2. The Morgan fingerprint density at radius 2 is 1.78 bits per heavy atom. The highest BCUT2D eigenvalue weighted by molar-refractivity contribution is 6.30. The number of aromatic nitrogens is 3. The van der Waals surface area contributed by atoms with Crippen molar-refractivity contribution in [3.63, 3.8) is 0 Å². The van der Waals surface area contributed by atoms with Crippen LogP contribution in [0.15, 0.2) is 24.3 Å². The van der Waals surface area contributed by atoms with Gasteiger partial charge in [0.2, 0.25) is 0 Å². The number of benzene rings is 1. The summed E-state index contributed by atoms with van der Waals surface area (Å²) in [5, 5.41) is 5.38. The van der Waals surface area contributed by atoms with E-state index in [9.17, 15) is 9.59 Å². The predicted octanol–water partition coefficient (Wildman–Crippen LogP) is 2.32. The molecule has 2 amide bonds. The lowest BCUT2D eigenvalue weighted by atomic mass is 10.1. The van der Waals surface area contributed by atoms with Crippen molar-refractivity contribution in [1.82, 2.24) is 25.6 Å². The van der Waals surface area contributed by atoms with Crippen molar-refractivity contribution in [3.8, 4) is 5.75 Å². The highest BCUT2D eigenvalue weighted by Gasteiger charge is 2.19. The zero-order chi connectivity index (χ0) is 19.7. The van der Waals surface area contributed by atoms with Crippen molar-refractivity contribution in [2.24, 2.45) is 7.05 Å². The largest absolute Gasteiger partial charge is 0.496 e. The van der Waals surface area contributed by atoms with Crippen LogP contribution in [0.2, 0.25) is 5.02 Å². The maximum atomic E-state index is 12.7. The van der Waals surface area contributed by atoms with Crippen LogP contribution >= 0.6 is 11.6 Å². The summed E-state index contributed by atoms with van der Waals surface area (Å²) >= 11 is 5.90. The fraction of sp³-hybridized carbons (Fsp3) is 0.222. The molecule has 3 rings (SSSR count). The number of aryl methyl sites for hydroxylation is 3. The van der Waals surface area contributed by atoms with Gasteiger partial charge in [0.15, 0.2) is 5.65 Å². The van der Waals surface area contributed by atoms with Gasteiger partial charge in [-0.15, -0.1) is 0 Å². The van der Waals surface area contributed by atoms with E-state index in [1.165, 1.54) is 19.2 Å². The molecule has 3 aromatic rings. The van der Waals surface area contributed by atoms with Crippen molar-refractivity contribution in [2.45, 2.75) is 13.8 Å². The van der Waals surface area contributed by atoms with Crippen molar-refractivity contribution in [3.05, 3.63) is 51.8 Å². The van der Waals surface area contributed by atoms with Crippen LogP contribution in [0.3, 0.4) is 0 Å². The topological polar surface area (TPSA) is 98.1 Å². The molecular formula is C18H18ClN5O3. The molecule has 2 aromatic heterocycles. The lowest BCUT2D eigenvalue weighted by Gasteiger charge is -2.11. The normalized spacial score (nSPS) is 10.7. The smallest absolute Gasteiger partial charge is 0.273 e. The minimum Gasteiger partial charge on any atom is -0.496 e. The van der Waals surface area contributed by atoms with Gasteiger partial charge in [-0.1, -0.05) is 11.6 Å². The first kappa shape index (κ1) is 18.7. The van der Waals surface area contributed by atoms with E-state index in [4.69, 9.17) is 16.3 Å². The van der Waals surface area contributed by atoms with Gasteiger partial charge in [0.25, 0.3) is 11.8 Å². The van der Waals surface area contributed by atoms with Gasteiger partial charge in [-0.3, -0.25) is 25.1 Å². The molecule has 0 aliphatic carbocycles. The average Bonchev–Trinajstić information content (AvgIpc) is 2.92. The van der Waals surface area contributed by atoms with Crippen molar-refractivity contribution in [2.75, 3.05) is 7.11 Å².